The predicted octanol–water partition coefficient (Wildman–Crippen LogP) is 3.53. The Hall–Kier alpha value is -1.09. The van der Waals surface area contributed by atoms with Gasteiger partial charge in [-0.3, -0.25) is 0 Å². The monoisotopic (exact) mass is 278 g/mol. The minimum Gasteiger partial charge on any atom is -0.466 e. The Morgan fingerprint density at radius 3 is 2.90 bits per heavy atom. The molecule has 0 bridgehead atoms. The van der Waals surface area contributed by atoms with Crippen LogP contribution in [0.25, 0.3) is 0 Å². The summed E-state index contributed by atoms with van der Waals surface area (Å²) < 4.78 is 4.99. The first-order chi connectivity index (χ1) is 9.48. The van der Waals surface area contributed by atoms with Crippen molar-refractivity contribution in [2.24, 2.45) is 5.41 Å². The first kappa shape index (κ1) is 15.3. The van der Waals surface area contributed by atoms with Crippen LogP contribution in [0.4, 0.5) is 0 Å². The van der Waals surface area contributed by atoms with E-state index in [1.807, 2.05) is 6.92 Å². The van der Waals surface area contributed by atoms with Gasteiger partial charge >= 0.3 is 5.97 Å². The third-order valence-corrected chi connectivity index (χ3v) is 4.94. The maximum absolute atomic E-state index is 12.1. The van der Waals surface area contributed by atoms with Crippen molar-refractivity contribution >= 4 is 5.97 Å². The number of carbonyl (C=O) groups is 1. The van der Waals surface area contributed by atoms with Gasteiger partial charge in [0.2, 0.25) is 0 Å². The van der Waals surface area contributed by atoms with Crippen LogP contribution < -0.4 is 0 Å². The summed E-state index contributed by atoms with van der Waals surface area (Å²) in [4.78, 5) is 12.1. The van der Waals surface area contributed by atoms with Gasteiger partial charge in [0.25, 0.3) is 0 Å². The maximum Gasteiger partial charge on any atom is 0.334 e. The molecule has 0 aromatic rings. The fourth-order valence-electron chi connectivity index (χ4n) is 3.72. The molecule has 0 radical (unpaired) electrons. The van der Waals surface area contributed by atoms with E-state index in [9.17, 15) is 9.90 Å². The number of aliphatic hydroxyl groups is 1. The Labute approximate surface area is 121 Å². The average molecular weight is 278 g/mol. The molecule has 3 nitrogen and oxygen atoms in total. The van der Waals surface area contributed by atoms with E-state index < -0.39 is 0 Å². The number of esters is 1. The number of hydrogen-bond donors (Lipinski definition) is 1. The van der Waals surface area contributed by atoms with Crippen LogP contribution in [0, 0.1) is 5.41 Å². The fraction of sp³-hybridized carbons (Fsp3) is 0.706. The lowest BCUT2D eigenvalue weighted by atomic mass is 9.68. The average Bonchev–Trinajstić information content (AvgIpc) is 2.81. The van der Waals surface area contributed by atoms with Gasteiger partial charge in [-0.25, -0.2) is 4.79 Å². The Morgan fingerprint density at radius 1 is 1.55 bits per heavy atom. The molecule has 0 amide bonds. The lowest BCUT2D eigenvalue weighted by Gasteiger charge is -2.36. The van der Waals surface area contributed by atoms with E-state index in [-0.39, 0.29) is 17.5 Å². The number of aliphatic hydroxyl groups excluding tert-OH is 1. The maximum atomic E-state index is 12.1. The second-order valence-electron chi connectivity index (χ2n) is 6.43. The van der Waals surface area contributed by atoms with Crippen LogP contribution in [-0.2, 0) is 9.53 Å². The summed E-state index contributed by atoms with van der Waals surface area (Å²) in [5.41, 5.74) is 3.09. The molecule has 2 rings (SSSR count). The Bertz CT molecular complexity index is 447. The topological polar surface area (TPSA) is 46.5 Å². The van der Waals surface area contributed by atoms with Gasteiger partial charge < -0.3 is 9.84 Å². The predicted molar refractivity (Wildman–Crippen MR) is 79.2 cm³/mol. The van der Waals surface area contributed by atoms with Crippen molar-refractivity contribution < 1.29 is 14.6 Å². The molecule has 0 saturated heterocycles. The highest BCUT2D eigenvalue weighted by Crippen LogP contribution is 2.45. The van der Waals surface area contributed by atoms with Crippen molar-refractivity contribution in [2.75, 3.05) is 7.11 Å². The van der Waals surface area contributed by atoms with Gasteiger partial charge in [-0.05, 0) is 62.9 Å². The van der Waals surface area contributed by atoms with Crippen molar-refractivity contribution in [2.45, 2.75) is 64.9 Å². The summed E-state index contributed by atoms with van der Waals surface area (Å²) in [5, 5.41) is 9.90. The zero-order chi connectivity index (χ0) is 14.8. The lowest BCUT2D eigenvalue weighted by Crippen LogP contribution is -2.30. The first-order valence-electron chi connectivity index (χ1n) is 7.63. The summed E-state index contributed by atoms with van der Waals surface area (Å²) in [6, 6.07) is 0. The summed E-state index contributed by atoms with van der Waals surface area (Å²) in [6.45, 7) is 4.22. The number of ether oxygens (including phenoxy) is 1. The van der Waals surface area contributed by atoms with Crippen molar-refractivity contribution in [3.05, 3.63) is 22.8 Å². The highest BCUT2D eigenvalue weighted by atomic mass is 16.5. The van der Waals surface area contributed by atoms with Crippen molar-refractivity contribution in [3.8, 4) is 0 Å². The van der Waals surface area contributed by atoms with E-state index in [1.165, 1.54) is 12.7 Å². The standard InChI is InChI=1S/C17H26O3/c1-12-6-5-10-17(2,15(12)16(19)20-3)11-9-13-7-4-8-14(13)18/h7,14,18H,4-6,8-11H2,1-3H3/t14?,17-/m0/s1. The van der Waals surface area contributed by atoms with Crippen LogP contribution in [0.2, 0.25) is 0 Å². The molecule has 112 valence electrons. The molecule has 0 spiro atoms. The Morgan fingerprint density at radius 2 is 2.30 bits per heavy atom. The van der Waals surface area contributed by atoms with Crippen LogP contribution in [0.5, 0.6) is 0 Å². The van der Waals surface area contributed by atoms with Gasteiger partial charge in [-0.15, -0.1) is 0 Å². The van der Waals surface area contributed by atoms with Gasteiger partial charge in [-0.1, -0.05) is 18.6 Å². The molecule has 2 aliphatic carbocycles. The second-order valence-corrected chi connectivity index (χ2v) is 6.43. The molecule has 0 aliphatic heterocycles. The zero-order valence-electron chi connectivity index (χ0n) is 12.9. The van der Waals surface area contributed by atoms with Gasteiger partial charge in [0.1, 0.15) is 0 Å². The fourth-order valence-corrected chi connectivity index (χ4v) is 3.72. The minimum absolute atomic E-state index is 0.113. The summed E-state index contributed by atoms with van der Waals surface area (Å²) >= 11 is 0. The van der Waals surface area contributed by atoms with Crippen LogP contribution in [-0.4, -0.2) is 24.3 Å². The molecule has 1 N–H and O–H groups in total. The molecule has 20 heavy (non-hydrogen) atoms. The van der Waals surface area contributed by atoms with E-state index in [1.54, 1.807) is 0 Å². The number of methoxy groups -OCH3 is 1. The first-order valence-corrected chi connectivity index (χ1v) is 7.63. The largest absolute Gasteiger partial charge is 0.466 e. The van der Waals surface area contributed by atoms with Crippen molar-refractivity contribution in [1.82, 2.24) is 0 Å². The van der Waals surface area contributed by atoms with Crippen LogP contribution in [0.1, 0.15) is 58.8 Å². The smallest absolute Gasteiger partial charge is 0.334 e. The van der Waals surface area contributed by atoms with Gasteiger partial charge in [-0.2, -0.15) is 0 Å². The normalized spacial score (nSPS) is 30.4. The SMILES string of the molecule is COC(=O)C1=C(C)CCC[C@@]1(C)CCC1=CCCC1O. The molecule has 2 aliphatic rings. The second kappa shape index (κ2) is 6.13. The lowest BCUT2D eigenvalue weighted by molar-refractivity contribution is -0.137. The number of hydrogen-bond acceptors (Lipinski definition) is 3. The van der Waals surface area contributed by atoms with Gasteiger partial charge in [0.15, 0.2) is 0 Å². The molecule has 2 atom stereocenters. The van der Waals surface area contributed by atoms with Crippen molar-refractivity contribution in [3.63, 3.8) is 0 Å². The molecule has 0 heterocycles. The molecule has 3 heteroatoms. The highest BCUT2D eigenvalue weighted by molar-refractivity contribution is 5.91. The van der Waals surface area contributed by atoms with Crippen LogP contribution in [0.15, 0.2) is 22.8 Å². The molecule has 0 aromatic carbocycles. The third-order valence-electron chi connectivity index (χ3n) is 4.94. The summed E-state index contributed by atoms with van der Waals surface area (Å²) in [5.74, 6) is -0.175. The minimum atomic E-state index is -0.270. The molecule has 1 unspecified atom stereocenters. The quantitative estimate of drug-likeness (QED) is 0.632. The number of carbonyl (C=O) groups excluding carboxylic acids is 1. The molecule has 0 fully saturated rings. The van der Waals surface area contributed by atoms with Gasteiger partial charge in [0, 0.05) is 5.57 Å². The number of allylic oxidation sites excluding steroid dienone is 2. The zero-order valence-corrected chi connectivity index (χ0v) is 12.9. The van der Waals surface area contributed by atoms with Crippen LogP contribution >= 0.6 is 0 Å². The molecule has 0 saturated carbocycles. The van der Waals surface area contributed by atoms with E-state index >= 15 is 0 Å². The van der Waals surface area contributed by atoms with Crippen LogP contribution in [0.3, 0.4) is 0 Å². The van der Waals surface area contributed by atoms with Gasteiger partial charge in [0.05, 0.1) is 13.2 Å². The summed E-state index contributed by atoms with van der Waals surface area (Å²) in [6.07, 6.45) is 8.66. The Kier molecular flexibility index (Phi) is 4.69. The molecular formula is C17H26O3. The molecular weight excluding hydrogens is 252 g/mol. The third kappa shape index (κ3) is 2.98. The van der Waals surface area contributed by atoms with E-state index in [4.69, 9.17) is 4.74 Å². The van der Waals surface area contributed by atoms with E-state index in [0.717, 1.165) is 56.1 Å². The van der Waals surface area contributed by atoms with E-state index in [0.29, 0.717) is 0 Å². The van der Waals surface area contributed by atoms with Crippen molar-refractivity contribution in [1.29, 1.82) is 0 Å². The number of rotatable bonds is 4. The Balaban J connectivity index is 2.14. The highest BCUT2D eigenvalue weighted by Gasteiger charge is 2.38. The molecule has 0 aromatic heterocycles. The van der Waals surface area contributed by atoms with E-state index in [2.05, 4.69) is 13.0 Å². The summed E-state index contributed by atoms with van der Waals surface area (Å²) in [7, 11) is 1.46.